The van der Waals surface area contributed by atoms with Gasteiger partial charge in [0.1, 0.15) is 5.56 Å². The van der Waals surface area contributed by atoms with Crippen LogP contribution in [0.15, 0.2) is 35.3 Å². The Balaban J connectivity index is 1.45. The second-order valence-corrected chi connectivity index (χ2v) is 7.69. The van der Waals surface area contributed by atoms with Crippen molar-refractivity contribution in [1.29, 1.82) is 0 Å². The van der Waals surface area contributed by atoms with Crippen LogP contribution in [0.4, 0.5) is 4.79 Å². The number of amides is 3. The molecule has 3 aliphatic heterocycles. The predicted molar refractivity (Wildman–Crippen MR) is 103 cm³/mol. The van der Waals surface area contributed by atoms with Crippen molar-refractivity contribution in [3.8, 4) is 17.2 Å². The SMILES string of the molecule is Cc1ccn(-c2ccc3c(c2)OCO3)c(=O)c1C(=O)N1CC2(CNC(=O)N2C)C1. The maximum absolute atomic E-state index is 13.2. The zero-order valence-electron chi connectivity index (χ0n) is 16.1. The number of rotatable bonds is 2. The molecule has 1 spiro atoms. The lowest BCUT2D eigenvalue weighted by atomic mass is 9.88. The average molecular weight is 396 g/mol. The van der Waals surface area contributed by atoms with Gasteiger partial charge in [0.25, 0.3) is 11.5 Å². The molecule has 1 aromatic carbocycles. The van der Waals surface area contributed by atoms with E-state index in [0.29, 0.717) is 42.4 Å². The minimum absolute atomic E-state index is 0.139. The van der Waals surface area contributed by atoms with Crippen LogP contribution in [0.3, 0.4) is 0 Å². The number of aromatic nitrogens is 1. The topological polar surface area (TPSA) is 93.1 Å². The third-order valence-electron chi connectivity index (χ3n) is 5.99. The van der Waals surface area contributed by atoms with Crippen LogP contribution in [-0.2, 0) is 0 Å². The van der Waals surface area contributed by atoms with Crippen molar-refractivity contribution in [2.24, 2.45) is 0 Å². The third kappa shape index (κ3) is 2.50. The van der Waals surface area contributed by atoms with Crippen LogP contribution >= 0.6 is 0 Å². The number of nitrogens with one attached hydrogen (secondary N) is 1. The number of nitrogens with zero attached hydrogens (tertiary/aromatic N) is 3. The standard InChI is InChI=1S/C20H20N4O5/c1-12-5-6-24(13-3-4-14-15(7-13)29-11-28-14)18(26)16(12)17(25)23-9-20(10-23)8-21-19(27)22(20)2/h3-7H,8-11H2,1-2H3,(H,21,27). The Hall–Kier alpha value is -3.49. The summed E-state index contributed by atoms with van der Waals surface area (Å²) in [5, 5.41) is 2.80. The molecule has 1 aromatic heterocycles. The first-order valence-electron chi connectivity index (χ1n) is 9.33. The molecule has 0 bridgehead atoms. The largest absolute Gasteiger partial charge is 0.454 e. The van der Waals surface area contributed by atoms with Crippen molar-refractivity contribution in [1.82, 2.24) is 19.7 Å². The maximum Gasteiger partial charge on any atom is 0.317 e. The maximum atomic E-state index is 13.2. The third-order valence-corrected chi connectivity index (χ3v) is 5.99. The van der Waals surface area contributed by atoms with Gasteiger partial charge in [-0.3, -0.25) is 14.2 Å². The normalized spacial score (nSPS) is 18.8. The van der Waals surface area contributed by atoms with E-state index in [1.54, 1.807) is 54.2 Å². The summed E-state index contributed by atoms with van der Waals surface area (Å²) in [6.45, 7) is 3.20. The van der Waals surface area contributed by atoms with E-state index in [9.17, 15) is 14.4 Å². The Morgan fingerprint density at radius 3 is 2.62 bits per heavy atom. The van der Waals surface area contributed by atoms with Crippen molar-refractivity contribution in [2.45, 2.75) is 12.5 Å². The molecule has 2 saturated heterocycles. The number of ether oxygens (including phenoxy) is 2. The average Bonchev–Trinajstić information content (AvgIpc) is 3.25. The van der Waals surface area contributed by atoms with E-state index >= 15 is 0 Å². The second kappa shape index (κ2) is 6.00. The van der Waals surface area contributed by atoms with Gasteiger partial charge in [-0.1, -0.05) is 0 Å². The number of aryl methyl sites for hydroxylation is 1. The molecular formula is C20H20N4O5. The van der Waals surface area contributed by atoms with Gasteiger partial charge in [0.2, 0.25) is 6.79 Å². The number of pyridine rings is 1. The van der Waals surface area contributed by atoms with Crippen LogP contribution in [0, 0.1) is 6.92 Å². The van der Waals surface area contributed by atoms with E-state index < -0.39 is 0 Å². The number of urea groups is 1. The molecule has 3 aliphatic rings. The van der Waals surface area contributed by atoms with E-state index in [1.807, 2.05) is 0 Å². The molecular weight excluding hydrogens is 376 g/mol. The molecule has 4 heterocycles. The highest BCUT2D eigenvalue weighted by Gasteiger charge is 2.53. The van der Waals surface area contributed by atoms with E-state index in [-0.39, 0.29) is 35.4 Å². The monoisotopic (exact) mass is 396 g/mol. The van der Waals surface area contributed by atoms with Crippen LogP contribution in [0.2, 0.25) is 0 Å². The van der Waals surface area contributed by atoms with Gasteiger partial charge in [0.05, 0.1) is 11.2 Å². The van der Waals surface area contributed by atoms with Gasteiger partial charge in [-0.15, -0.1) is 0 Å². The van der Waals surface area contributed by atoms with Gasteiger partial charge in [0.15, 0.2) is 11.5 Å². The minimum atomic E-state index is -0.385. The Bertz CT molecular complexity index is 1100. The Morgan fingerprint density at radius 1 is 1.14 bits per heavy atom. The molecule has 1 N–H and O–H groups in total. The number of likely N-dealkylation sites (tertiary alicyclic amines) is 1. The van der Waals surface area contributed by atoms with Crippen molar-refractivity contribution < 1.29 is 19.1 Å². The molecule has 2 aromatic rings. The van der Waals surface area contributed by atoms with Crippen LogP contribution in [-0.4, -0.2) is 65.3 Å². The highest BCUT2D eigenvalue weighted by Crippen LogP contribution is 2.34. The van der Waals surface area contributed by atoms with Gasteiger partial charge in [-0.25, -0.2) is 4.79 Å². The van der Waals surface area contributed by atoms with Crippen LogP contribution in [0.25, 0.3) is 5.69 Å². The Morgan fingerprint density at radius 2 is 1.90 bits per heavy atom. The number of hydrogen-bond donors (Lipinski definition) is 1. The molecule has 0 radical (unpaired) electrons. The predicted octanol–water partition coefficient (Wildman–Crippen LogP) is 0.724. The molecule has 2 fully saturated rings. The Labute approximate surface area is 166 Å². The van der Waals surface area contributed by atoms with Crippen LogP contribution < -0.4 is 20.3 Å². The fourth-order valence-electron chi connectivity index (χ4n) is 4.11. The summed E-state index contributed by atoms with van der Waals surface area (Å²) >= 11 is 0. The fourth-order valence-corrected chi connectivity index (χ4v) is 4.11. The highest BCUT2D eigenvalue weighted by atomic mass is 16.7. The number of hydrogen-bond acceptors (Lipinski definition) is 5. The fraction of sp³-hybridized carbons (Fsp3) is 0.350. The molecule has 0 unspecified atom stereocenters. The summed E-state index contributed by atoms with van der Waals surface area (Å²) in [6, 6.07) is 6.82. The molecule has 9 heteroatoms. The zero-order valence-corrected chi connectivity index (χ0v) is 16.1. The minimum Gasteiger partial charge on any atom is -0.454 e. The molecule has 0 atom stereocenters. The number of carbonyl (C=O) groups is 2. The van der Waals surface area contributed by atoms with E-state index in [4.69, 9.17) is 9.47 Å². The Kier molecular flexibility index (Phi) is 3.64. The van der Waals surface area contributed by atoms with Gasteiger partial charge >= 0.3 is 6.03 Å². The molecule has 150 valence electrons. The lowest BCUT2D eigenvalue weighted by molar-refractivity contribution is 0.00756. The number of carbonyl (C=O) groups excluding carboxylic acids is 2. The smallest absolute Gasteiger partial charge is 0.317 e. The number of fused-ring (bicyclic) bond motifs is 1. The van der Waals surface area contributed by atoms with Crippen molar-refractivity contribution in [3.63, 3.8) is 0 Å². The summed E-state index contributed by atoms with van der Waals surface area (Å²) in [5.41, 5.74) is 0.584. The summed E-state index contributed by atoms with van der Waals surface area (Å²) in [6.07, 6.45) is 1.65. The quantitative estimate of drug-likeness (QED) is 0.808. The van der Waals surface area contributed by atoms with Crippen molar-refractivity contribution >= 4 is 11.9 Å². The first-order valence-corrected chi connectivity index (χ1v) is 9.33. The van der Waals surface area contributed by atoms with Crippen LogP contribution in [0.1, 0.15) is 15.9 Å². The molecule has 0 aliphatic carbocycles. The molecule has 3 amide bonds. The molecule has 29 heavy (non-hydrogen) atoms. The highest BCUT2D eigenvalue weighted by molar-refractivity contribution is 5.96. The van der Waals surface area contributed by atoms with Gasteiger partial charge in [-0.05, 0) is 30.7 Å². The van der Waals surface area contributed by atoms with E-state index in [1.165, 1.54) is 4.57 Å². The first-order chi connectivity index (χ1) is 13.9. The summed E-state index contributed by atoms with van der Waals surface area (Å²) in [7, 11) is 1.73. The second-order valence-electron chi connectivity index (χ2n) is 7.69. The summed E-state index contributed by atoms with van der Waals surface area (Å²) in [4.78, 5) is 41.3. The van der Waals surface area contributed by atoms with Gasteiger partial charge in [-0.2, -0.15) is 0 Å². The van der Waals surface area contributed by atoms with Gasteiger partial charge in [0, 0.05) is 38.9 Å². The lowest BCUT2D eigenvalue weighted by Gasteiger charge is -2.50. The zero-order chi connectivity index (χ0) is 20.3. The summed E-state index contributed by atoms with van der Waals surface area (Å²) < 4.78 is 12.1. The van der Waals surface area contributed by atoms with E-state index in [2.05, 4.69) is 5.32 Å². The van der Waals surface area contributed by atoms with Crippen molar-refractivity contribution in [3.05, 3.63) is 51.9 Å². The van der Waals surface area contributed by atoms with Gasteiger partial charge < -0.3 is 24.6 Å². The van der Waals surface area contributed by atoms with Crippen LogP contribution in [0.5, 0.6) is 11.5 Å². The lowest BCUT2D eigenvalue weighted by Crippen LogP contribution is -2.70. The molecule has 0 saturated carbocycles. The summed E-state index contributed by atoms with van der Waals surface area (Å²) in [5.74, 6) is 0.870. The van der Waals surface area contributed by atoms with Crippen molar-refractivity contribution in [2.75, 3.05) is 33.5 Å². The number of likely N-dealkylation sites (N-methyl/N-ethyl adjacent to an activating group) is 1. The molecule has 5 rings (SSSR count). The molecule has 9 nitrogen and oxygen atoms in total. The first kappa shape index (κ1) is 17.6. The number of benzene rings is 1. The van der Waals surface area contributed by atoms with E-state index in [0.717, 1.165) is 0 Å².